The van der Waals surface area contributed by atoms with Crippen molar-refractivity contribution in [1.29, 1.82) is 0 Å². The Morgan fingerprint density at radius 1 is 1.20 bits per heavy atom. The van der Waals surface area contributed by atoms with E-state index in [4.69, 9.17) is 0 Å². The van der Waals surface area contributed by atoms with E-state index >= 15 is 0 Å². The summed E-state index contributed by atoms with van der Waals surface area (Å²) in [6.07, 6.45) is 0.0803. The van der Waals surface area contributed by atoms with E-state index < -0.39 is 12.6 Å². The highest BCUT2D eigenvalue weighted by Crippen LogP contribution is 2.29. The summed E-state index contributed by atoms with van der Waals surface area (Å²) >= 11 is 0. The van der Waals surface area contributed by atoms with Crippen molar-refractivity contribution in [3.63, 3.8) is 0 Å². The third kappa shape index (κ3) is 5.80. The lowest BCUT2D eigenvalue weighted by atomic mass is 9.98. The lowest BCUT2D eigenvalue weighted by molar-refractivity contribution is -0.137. The summed E-state index contributed by atoms with van der Waals surface area (Å²) in [6.45, 7) is 0. The van der Waals surface area contributed by atoms with Gasteiger partial charge in [-0.3, -0.25) is 4.79 Å². The summed E-state index contributed by atoms with van der Waals surface area (Å²) in [4.78, 5) is 11.3. The average Bonchev–Trinajstić information content (AvgIpc) is 2.54. The van der Waals surface area contributed by atoms with Gasteiger partial charge in [0, 0.05) is 19.3 Å². The van der Waals surface area contributed by atoms with Crippen molar-refractivity contribution in [2.45, 2.75) is 57.5 Å². The van der Waals surface area contributed by atoms with Crippen molar-refractivity contribution >= 4 is 5.78 Å². The topological polar surface area (TPSA) is 17.1 Å². The highest BCUT2D eigenvalue weighted by Gasteiger charge is 2.27. The molecule has 1 saturated carbocycles. The molecule has 0 saturated heterocycles. The van der Waals surface area contributed by atoms with Crippen molar-refractivity contribution in [3.05, 3.63) is 0 Å². The summed E-state index contributed by atoms with van der Waals surface area (Å²) in [6, 6.07) is 0. The summed E-state index contributed by atoms with van der Waals surface area (Å²) in [5, 5.41) is 0. The second-order valence-electron chi connectivity index (χ2n) is 4.36. The number of carbonyl (C=O) groups is 1. The summed E-state index contributed by atoms with van der Waals surface area (Å²) in [5.41, 5.74) is 0. The summed E-state index contributed by atoms with van der Waals surface area (Å²) < 4.78 is 35.4. The Labute approximate surface area is 88.0 Å². The molecule has 0 atom stereocenters. The Morgan fingerprint density at radius 2 is 1.80 bits per heavy atom. The lowest BCUT2D eigenvalue weighted by Gasteiger charge is -2.08. The Bertz CT molecular complexity index is 204. The van der Waals surface area contributed by atoms with E-state index in [0.717, 1.165) is 12.8 Å². The van der Waals surface area contributed by atoms with Crippen LogP contribution < -0.4 is 0 Å². The largest absolute Gasteiger partial charge is 0.389 e. The molecule has 4 heteroatoms. The van der Waals surface area contributed by atoms with Gasteiger partial charge in [0.2, 0.25) is 0 Å². The first-order valence-corrected chi connectivity index (χ1v) is 5.56. The van der Waals surface area contributed by atoms with Crippen LogP contribution in [0.4, 0.5) is 13.2 Å². The van der Waals surface area contributed by atoms with E-state index in [0.29, 0.717) is 12.3 Å². The van der Waals surface area contributed by atoms with Crippen molar-refractivity contribution < 1.29 is 18.0 Å². The minimum atomic E-state index is -4.12. The first-order valence-electron chi connectivity index (χ1n) is 5.56. The van der Waals surface area contributed by atoms with Gasteiger partial charge in [-0.1, -0.05) is 25.7 Å². The molecule has 0 amide bonds. The Balaban J connectivity index is 2.08. The molecule has 88 valence electrons. The number of alkyl halides is 3. The first-order chi connectivity index (χ1) is 6.97. The van der Waals surface area contributed by atoms with Gasteiger partial charge < -0.3 is 0 Å². The van der Waals surface area contributed by atoms with Gasteiger partial charge in [0.1, 0.15) is 5.78 Å². The molecule has 1 aliphatic carbocycles. The minimum absolute atomic E-state index is 0.00569. The fourth-order valence-electron chi connectivity index (χ4n) is 2.12. The molecule has 1 nitrogen and oxygen atoms in total. The standard InChI is InChI=1S/C11H17F3O/c12-11(13,14)7-3-6-10(15)8-9-4-1-2-5-9/h9H,1-8H2. The molecule has 0 aromatic heterocycles. The summed E-state index contributed by atoms with van der Waals surface area (Å²) in [5.74, 6) is 0.453. The van der Waals surface area contributed by atoms with Crippen LogP contribution in [-0.2, 0) is 4.79 Å². The predicted octanol–water partition coefficient (Wildman–Crippen LogP) is 3.87. The maximum Gasteiger partial charge on any atom is 0.389 e. The Kier molecular flexibility index (Phi) is 4.61. The van der Waals surface area contributed by atoms with Crippen molar-refractivity contribution in [2.24, 2.45) is 5.92 Å². The Hall–Kier alpha value is -0.540. The highest BCUT2D eigenvalue weighted by atomic mass is 19.4. The van der Waals surface area contributed by atoms with E-state index in [1.165, 1.54) is 12.8 Å². The van der Waals surface area contributed by atoms with E-state index in [9.17, 15) is 18.0 Å². The molecule has 0 unspecified atom stereocenters. The second kappa shape index (κ2) is 5.52. The molecule has 15 heavy (non-hydrogen) atoms. The molecule has 1 rings (SSSR count). The van der Waals surface area contributed by atoms with Gasteiger partial charge in [-0.25, -0.2) is 0 Å². The zero-order chi connectivity index (χ0) is 11.3. The van der Waals surface area contributed by atoms with E-state index in [2.05, 4.69) is 0 Å². The molecule has 0 spiro atoms. The molecule has 0 N–H and O–H groups in total. The van der Waals surface area contributed by atoms with Crippen LogP contribution in [0.2, 0.25) is 0 Å². The van der Waals surface area contributed by atoms with Crippen molar-refractivity contribution in [1.82, 2.24) is 0 Å². The molecule has 0 heterocycles. The number of rotatable bonds is 5. The van der Waals surface area contributed by atoms with Crippen LogP contribution in [0.1, 0.15) is 51.4 Å². The van der Waals surface area contributed by atoms with Crippen LogP contribution in [0, 0.1) is 5.92 Å². The maximum atomic E-state index is 11.8. The van der Waals surface area contributed by atoms with Gasteiger partial charge in [-0.2, -0.15) is 13.2 Å². The van der Waals surface area contributed by atoms with Crippen LogP contribution in [0.3, 0.4) is 0 Å². The molecule has 0 aromatic rings. The molecule has 0 radical (unpaired) electrons. The maximum absolute atomic E-state index is 11.8. The number of Topliss-reactive ketones (excluding diaryl/α,β-unsaturated/α-hetero) is 1. The Morgan fingerprint density at radius 3 is 2.33 bits per heavy atom. The van der Waals surface area contributed by atoms with E-state index in [-0.39, 0.29) is 18.6 Å². The number of hydrogen-bond acceptors (Lipinski definition) is 1. The van der Waals surface area contributed by atoms with E-state index in [1.807, 2.05) is 0 Å². The SMILES string of the molecule is O=C(CCCC(F)(F)F)CC1CCCC1. The van der Waals surface area contributed by atoms with Crippen molar-refractivity contribution in [2.75, 3.05) is 0 Å². The fourth-order valence-corrected chi connectivity index (χ4v) is 2.12. The third-order valence-electron chi connectivity index (χ3n) is 2.91. The minimum Gasteiger partial charge on any atom is -0.300 e. The van der Waals surface area contributed by atoms with Gasteiger partial charge in [-0.15, -0.1) is 0 Å². The summed E-state index contributed by atoms with van der Waals surface area (Å²) in [7, 11) is 0. The zero-order valence-corrected chi connectivity index (χ0v) is 8.78. The fraction of sp³-hybridized carbons (Fsp3) is 0.909. The van der Waals surface area contributed by atoms with Crippen LogP contribution in [-0.4, -0.2) is 12.0 Å². The van der Waals surface area contributed by atoms with Gasteiger partial charge in [0.05, 0.1) is 0 Å². The normalized spacial score (nSPS) is 18.3. The smallest absolute Gasteiger partial charge is 0.300 e. The van der Waals surface area contributed by atoms with Crippen LogP contribution in [0.15, 0.2) is 0 Å². The quantitative estimate of drug-likeness (QED) is 0.690. The molecule has 0 bridgehead atoms. The molecular weight excluding hydrogens is 205 g/mol. The molecule has 0 aliphatic heterocycles. The van der Waals surface area contributed by atoms with Crippen LogP contribution >= 0.6 is 0 Å². The second-order valence-corrected chi connectivity index (χ2v) is 4.36. The number of halogens is 3. The molecule has 1 aliphatic rings. The van der Waals surface area contributed by atoms with Crippen LogP contribution in [0.25, 0.3) is 0 Å². The highest BCUT2D eigenvalue weighted by molar-refractivity contribution is 5.78. The van der Waals surface area contributed by atoms with Gasteiger partial charge >= 0.3 is 6.18 Å². The van der Waals surface area contributed by atoms with Crippen molar-refractivity contribution in [3.8, 4) is 0 Å². The number of ketones is 1. The lowest BCUT2D eigenvalue weighted by Crippen LogP contribution is -2.10. The monoisotopic (exact) mass is 222 g/mol. The third-order valence-corrected chi connectivity index (χ3v) is 2.91. The average molecular weight is 222 g/mol. The zero-order valence-electron chi connectivity index (χ0n) is 8.78. The first kappa shape index (κ1) is 12.5. The van der Waals surface area contributed by atoms with E-state index in [1.54, 1.807) is 0 Å². The van der Waals surface area contributed by atoms with Crippen LogP contribution in [0.5, 0.6) is 0 Å². The molecule has 0 aromatic carbocycles. The predicted molar refractivity (Wildman–Crippen MR) is 51.5 cm³/mol. The molecule has 1 fully saturated rings. The van der Waals surface area contributed by atoms with Gasteiger partial charge in [0.15, 0.2) is 0 Å². The number of carbonyl (C=O) groups excluding carboxylic acids is 1. The molecular formula is C11H17F3O. The van der Waals surface area contributed by atoms with Gasteiger partial charge in [-0.05, 0) is 12.3 Å². The van der Waals surface area contributed by atoms with Gasteiger partial charge in [0.25, 0.3) is 0 Å². The number of hydrogen-bond donors (Lipinski definition) is 0.